The van der Waals surface area contributed by atoms with E-state index in [1.165, 1.54) is 10.7 Å². The molecule has 1 aliphatic rings. The second-order valence-electron chi connectivity index (χ2n) is 9.66. The number of benzene rings is 2. The predicted molar refractivity (Wildman–Crippen MR) is 146 cm³/mol. The lowest BCUT2D eigenvalue weighted by Gasteiger charge is -2.31. The zero-order valence-electron chi connectivity index (χ0n) is 22.1. The standard InChI is InChI=1S/C28H39N3O5S/c1-22(28(33)29-24-11-6-4-7-12-24)30(21-23-16-18-26(36-2)19-17-23)27(32)15-10-20-31(37(3,34)35)25-13-8-5-9-14-25/h5,8-9,13-14,16-19,22,24H,4,6-7,10-12,15,20-21H2,1-3H3,(H,29,33)/t22-/m0/s1. The maximum Gasteiger partial charge on any atom is 0.242 e. The molecule has 1 fully saturated rings. The van der Waals surface area contributed by atoms with Crippen molar-refractivity contribution in [1.82, 2.24) is 10.2 Å². The molecule has 37 heavy (non-hydrogen) atoms. The van der Waals surface area contributed by atoms with Crippen molar-refractivity contribution in [3.05, 3.63) is 60.2 Å². The Bertz CT molecular complexity index is 1120. The molecule has 0 unspecified atom stereocenters. The molecule has 2 aromatic rings. The van der Waals surface area contributed by atoms with Crippen LogP contribution in [0.5, 0.6) is 5.75 Å². The maximum absolute atomic E-state index is 13.4. The Balaban J connectivity index is 1.70. The molecule has 0 radical (unpaired) electrons. The van der Waals surface area contributed by atoms with Crippen molar-refractivity contribution in [1.29, 1.82) is 0 Å². The van der Waals surface area contributed by atoms with Crippen LogP contribution in [0, 0.1) is 0 Å². The van der Waals surface area contributed by atoms with Crippen molar-refractivity contribution in [2.45, 2.75) is 70.5 Å². The van der Waals surface area contributed by atoms with Gasteiger partial charge in [-0.15, -0.1) is 0 Å². The van der Waals surface area contributed by atoms with E-state index in [1.54, 1.807) is 43.2 Å². The van der Waals surface area contributed by atoms with E-state index in [2.05, 4.69) is 5.32 Å². The summed E-state index contributed by atoms with van der Waals surface area (Å²) in [5, 5.41) is 3.13. The Morgan fingerprint density at radius 1 is 1.03 bits per heavy atom. The van der Waals surface area contributed by atoms with Gasteiger partial charge in [-0.3, -0.25) is 13.9 Å². The molecular formula is C28H39N3O5S. The molecule has 2 aromatic carbocycles. The minimum Gasteiger partial charge on any atom is -0.497 e. The van der Waals surface area contributed by atoms with Gasteiger partial charge in [0.1, 0.15) is 11.8 Å². The van der Waals surface area contributed by atoms with Crippen LogP contribution < -0.4 is 14.4 Å². The zero-order valence-corrected chi connectivity index (χ0v) is 22.9. The van der Waals surface area contributed by atoms with Crippen molar-refractivity contribution in [2.75, 3.05) is 24.2 Å². The van der Waals surface area contributed by atoms with Crippen molar-refractivity contribution >= 4 is 27.5 Å². The summed E-state index contributed by atoms with van der Waals surface area (Å²) in [4.78, 5) is 28.2. The summed E-state index contributed by atoms with van der Waals surface area (Å²) < 4.78 is 31.3. The molecule has 1 N–H and O–H groups in total. The highest BCUT2D eigenvalue weighted by Gasteiger charge is 2.28. The SMILES string of the molecule is COc1ccc(CN(C(=O)CCCN(c2ccccc2)S(C)(=O)=O)[C@@H](C)C(=O)NC2CCCCC2)cc1. The summed E-state index contributed by atoms with van der Waals surface area (Å²) in [5.74, 6) is 0.367. The largest absolute Gasteiger partial charge is 0.497 e. The summed E-state index contributed by atoms with van der Waals surface area (Å²) in [7, 11) is -1.91. The first-order valence-corrected chi connectivity index (χ1v) is 14.8. The number of ether oxygens (including phenoxy) is 1. The van der Waals surface area contributed by atoms with Crippen LogP contribution in [0.25, 0.3) is 0 Å². The van der Waals surface area contributed by atoms with Gasteiger partial charge in [-0.05, 0) is 56.0 Å². The fourth-order valence-corrected chi connectivity index (χ4v) is 5.64. The lowest BCUT2D eigenvalue weighted by molar-refractivity contribution is -0.141. The summed E-state index contributed by atoms with van der Waals surface area (Å²) in [5.41, 5.74) is 1.45. The van der Waals surface area contributed by atoms with Crippen molar-refractivity contribution in [2.24, 2.45) is 0 Å². The molecule has 3 rings (SSSR count). The fraction of sp³-hybridized carbons (Fsp3) is 0.500. The van der Waals surface area contributed by atoms with E-state index >= 15 is 0 Å². The third-order valence-corrected chi connectivity index (χ3v) is 8.02. The topological polar surface area (TPSA) is 96.0 Å². The Morgan fingerprint density at radius 3 is 2.27 bits per heavy atom. The van der Waals surface area contributed by atoms with Gasteiger partial charge in [0.05, 0.1) is 19.1 Å². The Kier molecular flexibility index (Phi) is 10.4. The lowest BCUT2D eigenvalue weighted by Crippen LogP contribution is -2.50. The number of sulfonamides is 1. The second-order valence-corrected chi connectivity index (χ2v) is 11.6. The molecule has 0 aromatic heterocycles. The van der Waals surface area contributed by atoms with Crippen molar-refractivity contribution < 1.29 is 22.7 Å². The number of nitrogens with zero attached hydrogens (tertiary/aromatic N) is 2. The maximum atomic E-state index is 13.4. The van der Waals surface area contributed by atoms with Gasteiger partial charge in [0, 0.05) is 25.6 Å². The highest BCUT2D eigenvalue weighted by molar-refractivity contribution is 7.92. The zero-order chi connectivity index (χ0) is 26.8. The summed E-state index contributed by atoms with van der Waals surface area (Å²) >= 11 is 0. The number of methoxy groups -OCH3 is 1. The Labute approximate surface area is 221 Å². The van der Waals surface area contributed by atoms with Crippen molar-refractivity contribution in [3.63, 3.8) is 0 Å². The van der Waals surface area contributed by atoms with E-state index in [9.17, 15) is 18.0 Å². The molecule has 1 atom stereocenters. The first-order chi connectivity index (χ1) is 17.7. The number of hydrogen-bond acceptors (Lipinski definition) is 5. The molecule has 0 heterocycles. The van der Waals surface area contributed by atoms with E-state index in [4.69, 9.17) is 4.74 Å². The number of nitrogens with one attached hydrogen (secondary N) is 1. The van der Waals surface area contributed by atoms with Crippen LogP contribution in [0.2, 0.25) is 0 Å². The van der Waals surface area contributed by atoms with Crippen molar-refractivity contribution in [3.8, 4) is 5.75 Å². The average Bonchev–Trinajstić information content (AvgIpc) is 2.90. The molecule has 1 saturated carbocycles. The number of hydrogen-bond donors (Lipinski definition) is 1. The quantitative estimate of drug-likeness (QED) is 0.447. The third-order valence-electron chi connectivity index (χ3n) is 6.83. The van der Waals surface area contributed by atoms with Crippen LogP contribution in [-0.4, -0.2) is 57.1 Å². The van der Waals surface area contributed by atoms with E-state index in [0.717, 1.165) is 37.5 Å². The van der Waals surface area contributed by atoms with Crippen LogP contribution in [0.3, 0.4) is 0 Å². The van der Waals surface area contributed by atoms with E-state index < -0.39 is 16.1 Å². The second kappa shape index (κ2) is 13.5. The number of anilines is 1. The normalized spacial score (nSPS) is 15.0. The molecule has 0 spiro atoms. The smallest absolute Gasteiger partial charge is 0.242 e. The lowest BCUT2D eigenvalue weighted by atomic mass is 9.95. The molecule has 1 aliphatic carbocycles. The number of amides is 2. The van der Waals surface area contributed by atoms with Crippen LogP contribution in [0.15, 0.2) is 54.6 Å². The first kappa shape index (κ1) is 28.5. The molecule has 8 nitrogen and oxygen atoms in total. The van der Waals surface area contributed by atoms with Gasteiger partial charge < -0.3 is 15.0 Å². The van der Waals surface area contributed by atoms with Gasteiger partial charge in [-0.25, -0.2) is 8.42 Å². The molecule has 0 saturated heterocycles. The van der Waals surface area contributed by atoms with Crippen LogP contribution in [-0.2, 0) is 26.2 Å². The molecule has 202 valence electrons. The monoisotopic (exact) mass is 529 g/mol. The van der Waals surface area contributed by atoms with E-state index in [0.29, 0.717) is 17.9 Å². The van der Waals surface area contributed by atoms with Gasteiger partial charge in [0.15, 0.2) is 0 Å². The molecule has 0 bridgehead atoms. The molecule has 9 heteroatoms. The predicted octanol–water partition coefficient (Wildman–Crippen LogP) is 4.11. The van der Waals surface area contributed by atoms with E-state index in [1.807, 2.05) is 30.3 Å². The number of para-hydroxylation sites is 1. The third kappa shape index (κ3) is 8.49. The van der Waals surface area contributed by atoms with Crippen LogP contribution in [0.4, 0.5) is 5.69 Å². The number of carbonyl (C=O) groups excluding carboxylic acids is 2. The Hall–Kier alpha value is -3.07. The number of rotatable bonds is 12. The van der Waals surface area contributed by atoms with Crippen LogP contribution in [0.1, 0.15) is 57.4 Å². The minimum atomic E-state index is -3.51. The highest BCUT2D eigenvalue weighted by Crippen LogP contribution is 2.21. The molecule has 2 amide bonds. The van der Waals surface area contributed by atoms with Gasteiger partial charge in [-0.2, -0.15) is 0 Å². The Morgan fingerprint density at radius 2 is 1.68 bits per heavy atom. The molecule has 0 aliphatic heterocycles. The van der Waals surface area contributed by atoms with Gasteiger partial charge in [0.2, 0.25) is 21.8 Å². The highest BCUT2D eigenvalue weighted by atomic mass is 32.2. The van der Waals surface area contributed by atoms with Crippen LogP contribution >= 0.6 is 0 Å². The first-order valence-electron chi connectivity index (χ1n) is 12.9. The van der Waals surface area contributed by atoms with E-state index in [-0.39, 0.29) is 37.4 Å². The van der Waals surface area contributed by atoms with Gasteiger partial charge in [0.25, 0.3) is 0 Å². The van der Waals surface area contributed by atoms with Gasteiger partial charge in [-0.1, -0.05) is 49.6 Å². The van der Waals surface area contributed by atoms with Gasteiger partial charge >= 0.3 is 0 Å². The molecular weight excluding hydrogens is 490 g/mol. The average molecular weight is 530 g/mol. The minimum absolute atomic E-state index is 0.121. The summed E-state index contributed by atoms with van der Waals surface area (Å²) in [6.45, 7) is 2.20. The fourth-order valence-electron chi connectivity index (χ4n) is 4.68. The summed E-state index contributed by atoms with van der Waals surface area (Å²) in [6, 6.07) is 15.8. The summed E-state index contributed by atoms with van der Waals surface area (Å²) in [6.07, 6.45) is 6.94. The number of carbonyl (C=O) groups is 2.